The fourth-order valence-corrected chi connectivity index (χ4v) is 3.41. The number of anilines is 1. The molecule has 3 aromatic rings. The van der Waals surface area contributed by atoms with E-state index < -0.39 is 0 Å². The minimum absolute atomic E-state index is 0.101. The molecule has 27 heavy (non-hydrogen) atoms. The van der Waals surface area contributed by atoms with E-state index >= 15 is 0 Å². The van der Waals surface area contributed by atoms with Crippen molar-refractivity contribution in [1.29, 1.82) is 0 Å². The van der Waals surface area contributed by atoms with Gasteiger partial charge in [0.2, 0.25) is 5.91 Å². The zero-order valence-corrected chi connectivity index (χ0v) is 16.6. The summed E-state index contributed by atoms with van der Waals surface area (Å²) in [6.07, 6.45) is 0. The third-order valence-corrected chi connectivity index (χ3v) is 5.01. The highest BCUT2D eigenvalue weighted by atomic mass is 35.5. The standard InChI is InChI=1S/C19H15Cl2N3O2S/c1-11(25)22-9-12-2-4-13(5-3-12)18(26)24-19-23-17(10-27-19)15-8-14(20)6-7-16(15)21/h2-8,10H,9H2,1H3,(H,22,25)(H,23,24,26). The minimum Gasteiger partial charge on any atom is -0.352 e. The molecule has 138 valence electrons. The van der Waals surface area contributed by atoms with E-state index in [0.717, 1.165) is 5.56 Å². The molecule has 0 bridgehead atoms. The molecule has 0 radical (unpaired) electrons. The van der Waals surface area contributed by atoms with Gasteiger partial charge in [-0.25, -0.2) is 4.98 Å². The van der Waals surface area contributed by atoms with Crippen LogP contribution in [0.1, 0.15) is 22.8 Å². The Labute approximate surface area is 170 Å². The van der Waals surface area contributed by atoms with Crippen molar-refractivity contribution in [2.45, 2.75) is 13.5 Å². The molecule has 2 aromatic carbocycles. The van der Waals surface area contributed by atoms with Crippen molar-refractivity contribution in [3.05, 3.63) is 69.0 Å². The van der Waals surface area contributed by atoms with Crippen molar-refractivity contribution < 1.29 is 9.59 Å². The maximum atomic E-state index is 12.4. The number of benzene rings is 2. The first-order valence-electron chi connectivity index (χ1n) is 7.98. The number of carbonyl (C=O) groups is 2. The summed E-state index contributed by atoms with van der Waals surface area (Å²) in [4.78, 5) is 27.8. The van der Waals surface area contributed by atoms with Gasteiger partial charge >= 0.3 is 0 Å². The van der Waals surface area contributed by atoms with Crippen molar-refractivity contribution in [3.63, 3.8) is 0 Å². The van der Waals surface area contributed by atoms with Crippen LogP contribution in [0.4, 0.5) is 5.13 Å². The Bertz CT molecular complexity index is 987. The average molecular weight is 420 g/mol. The van der Waals surface area contributed by atoms with Crippen LogP contribution in [-0.4, -0.2) is 16.8 Å². The Hall–Kier alpha value is -2.41. The van der Waals surface area contributed by atoms with Gasteiger partial charge in [-0.1, -0.05) is 35.3 Å². The number of thiazole rings is 1. The van der Waals surface area contributed by atoms with Crippen LogP contribution in [0, 0.1) is 0 Å². The van der Waals surface area contributed by atoms with Gasteiger partial charge in [-0.15, -0.1) is 11.3 Å². The molecule has 5 nitrogen and oxygen atoms in total. The average Bonchev–Trinajstić information content (AvgIpc) is 3.10. The maximum absolute atomic E-state index is 12.4. The number of amides is 2. The molecule has 2 N–H and O–H groups in total. The fraction of sp³-hybridized carbons (Fsp3) is 0.105. The molecule has 0 aliphatic heterocycles. The van der Waals surface area contributed by atoms with Crippen LogP contribution in [0.15, 0.2) is 47.8 Å². The van der Waals surface area contributed by atoms with Gasteiger partial charge in [0.15, 0.2) is 5.13 Å². The summed E-state index contributed by atoms with van der Waals surface area (Å²) in [6.45, 7) is 1.88. The summed E-state index contributed by atoms with van der Waals surface area (Å²) in [5.74, 6) is -0.365. The Kier molecular flexibility index (Phi) is 6.11. The molecule has 0 atom stereocenters. The molecular formula is C19H15Cl2N3O2S. The number of aromatic nitrogens is 1. The van der Waals surface area contributed by atoms with E-state index in [1.165, 1.54) is 18.3 Å². The van der Waals surface area contributed by atoms with E-state index in [4.69, 9.17) is 23.2 Å². The maximum Gasteiger partial charge on any atom is 0.257 e. The molecule has 1 heterocycles. The zero-order chi connectivity index (χ0) is 19.4. The number of hydrogen-bond acceptors (Lipinski definition) is 4. The second-order valence-corrected chi connectivity index (χ2v) is 7.42. The Morgan fingerprint density at radius 1 is 1.11 bits per heavy atom. The second-order valence-electron chi connectivity index (χ2n) is 5.72. The van der Waals surface area contributed by atoms with Gasteiger partial charge in [-0.05, 0) is 35.9 Å². The highest BCUT2D eigenvalue weighted by molar-refractivity contribution is 7.14. The SMILES string of the molecule is CC(=O)NCc1ccc(C(=O)Nc2nc(-c3cc(Cl)ccc3Cl)cs2)cc1. The molecule has 0 spiro atoms. The molecule has 0 fully saturated rings. The van der Waals surface area contributed by atoms with Crippen molar-refractivity contribution >= 4 is 51.5 Å². The molecule has 1 aromatic heterocycles. The van der Waals surface area contributed by atoms with Crippen LogP contribution >= 0.6 is 34.5 Å². The normalized spacial score (nSPS) is 10.5. The van der Waals surface area contributed by atoms with Gasteiger partial charge in [-0.3, -0.25) is 14.9 Å². The molecule has 2 amide bonds. The van der Waals surface area contributed by atoms with Gasteiger partial charge in [0.25, 0.3) is 5.91 Å². The number of halogens is 2. The van der Waals surface area contributed by atoms with Crippen molar-refractivity contribution in [2.24, 2.45) is 0 Å². The molecular weight excluding hydrogens is 405 g/mol. The van der Waals surface area contributed by atoms with E-state index in [1.54, 1.807) is 42.5 Å². The first-order chi connectivity index (χ1) is 12.9. The van der Waals surface area contributed by atoms with Gasteiger partial charge in [0.05, 0.1) is 10.7 Å². The monoisotopic (exact) mass is 419 g/mol. The van der Waals surface area contributed by atoms with E-state index in [0.29, 0.717) is 38.5 Å². The Morgan fingerprint density at radius 3 is 2.56 bits per heavy atom. The highest BCUT2D eigenvalue weighted by Gasteiger charge is 2.12. The quantitative estimate of drug-likeness (QED) is 0.610. The minimum atomic E-state index is -0.265. The molecule has 0 saturated carbocycles. The molecule has 0 aliphatic carbocycles. The van der Waals surface area contributed by atoms with Crippen molar-refractivity contribution in [2.75, 3.05) is 5.32 Å². The topological polar surface area (TPSA) is 71.1 Å². The number of nitrogens with zero attached hydrogens (tertiary/aromatic N) is 1. The Morgan fingerprint density at radius 2 is 1.85 bits per heavy atom. The van der Waals surface area contributed by atoms with Crippen LogP contribution < -0.4 is 10.6 Å². The number of carbonyl (C=O) groups excluding carboxylic acids is 2. The van der Waals surface area contributed by atoms with E-state index in [-0.39, 0.29) is 11.8 Å². The lowest BCUT2D eigenvalue weighted by molar-refractivity contribution is -0.119. The van der Waals surface area contributed by atoms with Crippen LogP contribution in [0.3, 0.4) is 0 Å². The summed E-state index contributed by atoms with van der Waals surface area (Å²) in [7, 11) is 0. The van der Waals surface area contributed by atoms with Gasteiger partial charge < -0.3 is 5.32 Å². The lowest BCUT2D eigenvalue weighted by Gasteiger charge is -2.05. The lowest BCUT2D eigenvalue weighted by atomic mass is 10.1. The smallest absolute Gasteiger partial charge is 0.257 e. The molecule has 0 aliphatic rings. The molecule has 3 rings (SSSR count). The molecule has 0 saturated heterocycles. The van der Waals surface area contributed by atoms with E-state index in [9.17, 15) is 9.59 Å². The van der Waals surface area contributed by atoms with E-state index in [1.807, 2.05) is 5.38 Å². The van der Waals surface area contributed by atoms with Gasteiger partial charge in [0.1, 0.15) is 0 Å². The summed E-state index contributed by atoms with van der Waals surface area (Å²) < 4.78 is 0. The van der Waals surface area contributed by atoms with Crippen molar-refractivity contribution in [3.8, 4) is 11.3 Å². The third kappa shape index (κ3) is 5.07. The zero-order valence-electron chi connectivity index (χ0n) is 14.3. The third-order valence-electron chi connectivity index (χ3n) is 3.69. The van der Waals surface area contributed by atoms with Gasteiger partial charge in [0, 0.05) is 35.0 Å². The van der Waals surface area contributed by atoms with Crippen LogP contribution in [-0.2, 0) is 11.3 Å². The largest absolute Gasteiger partial charge is 0.352 e. The van der Waals surface area contributed by atoms with Crippen LogP contribution in [0.2, 0.25) is 10.0 Å². The Balaban J connectivity index is 1.69. The van der Waals surface area contributed by atoms with Crippen LogP contribution in [0.25, 0.3) is 11.3 Å². The number of hydrogen-bond donors (Lipinski definition) is 2. The first-order valence-corrected chi connectivity index (χ1v) is 9.61. The summed E-state index contributed by atoms with van der Waals surface area (Å²) in [5.41, 5.74) is 2.77. The fourth-order valence-electron chi connectivity index (χ4n) is 2.32. The van der Waals surface area contributed by atoms with Gasteiger partial charge in [-0.2, -0.15) is 0 Å². The summed E-state index contributed by atoms with van der Waals surface area (Å²) >= 11 is 13.5. The highest BCUT2D eigenvalue weighted by Crippen LogP contribution is 2.32. The number of nitrogens with one attached hydrogen (secondary N) is 2. The van der Waals surface area contributed by atoms with Crippen LogP contribution in [0.5, 0.6) is 0 Å². The number of rotatable bonds is 5. The second kappa shape index (κ2) is 8.52. The summed E-state index contributed by atoms with van der Waals surface area (Å²) in [6, 6.07) is 12.1. The molecule has 8 heteroatoms. The summed E-state index contributed by atoms with van der Waals surface area (Å²) in [5, 5.41) is 8.86. The predicted molar refractivity (Wildman–Crippen MR) is 109 cm³/mol. The predicted octanol–water partition coefficient (Wildman–Crippen LogP) is 5.01. The van der Waals surface area contributed by atoms with Crippen molar-refractivity contribution in [1.82, 2.24) is 10.3 Å². The first kappa shape index (κ1) is 19.4. The van der Waals surface area contributed by atoms with E-state index in [2.05, 4.69) is 15.6 Å². The molecule has 0 unspecified atom stereocenters. The lowest BCUT2D eigenvalue weighted by Crippen LogP contribution is -2.19.